The third kappa shape index (κ3) is 4.06. The zero-order valence-corrected chi connectivity index (χ0v) is 24.0. The van der Waals surface area contributed by atoms with Crippen LogP contribution in [0.1, 0.15) is 72.6 Å². The van der Waals surface area contributed by atoms with Gasteiger partial charge in [-0.05, 0) is 74.6 Å². The van der Waals surface area contributed by atoms with E-state index in [-0.39, 0.29) is 18.1 Å². The number of hydrogen-bond donors (Lipinski definition) is 2. The topological polar surface area (TPSA) is 87.5 Å². The first-order valence-corrected chi connectivity index (χ1v) is 14.7. The molecule has 6 rings (SSSR count). The maximum atomic E-state index is 13.2. The highest BCUT2D eigenvalue weighted by molar-refractivity contribution is 7.19. The summed E-state index contributed by atoms with van der Waals surface area (Å²) in [6.07, 6.45) is 5.67. The summed E-state index contributed by atoms with van der Waals surface area (Å²) in [6, 6.07) is -0.224. The van der Waals surface area contributed by atoms with Crippen molar-refractivity contribution in [3.63, 3.8) is 0 Å². The van der Waals surface area contributed by atoms with Gasteiger partial charge in [0.2, 0.25) is 5.91 Å². The molecular weight excluding hydrogens is 496 g/mol. The smallest absolute Gasteiger partial charge is 0.242 e. The number of amides is 1. The number of pyridine rings is 1. The van der Waals surface area contributed by atoms with Crippen LogP contribution in [0.3, 0.4) is 0 Å². The van der Waals surface area contributed by atoms with Gasteiger partial charge in [0.05, 0.1) is 18.4 Å². The molecule has 2 fully saturated rings. The summed E-state index contributed by atoms with van der Waals surface area (Å²) >= 11 is 1.90. The van der Waals surface area contributed by atoms with Crippen molar-refractivity contribution in [2.75, 3.05) is 26.2 Å². The fraction of sp³-hybridized carbons (Fsp3) is 0.552. The van der Waals surface area contributed by atoms with Crippen molar-refractivity contribution in [2.24, 2.45) is 0 Å². The molecule has 2 aliphatic heterocycles. The number of morpholine rings is 1. The normalized spacial score (nSPS) is 21.3. The number of hydrogen-bond acceptors (Lipinski definition) is 6. The molecule has 2 N–H and O–H groups in total. The number of thiophene rings is 1. The van der Waals surface area contributed by atoms with E-state index in [0.717, 1.165) is 43.7 Å². The third-order valence-electron chi connectivity index (χ3n) is 8.69. The Bertz CT molecular complexity index is 1510. The van der Waals surface area contributed by atoms with Gasteiger partial charge < -0.3 is 19.9 Å². The maximum Gasteiger partial charge on any atom is 0.242 e. The minimum absolute atomic E-state index is 0.0734. The van der Waals surface area contributed by atoms with Crippen molar-refractivity contribution in [1.29, 1.82) is 0 Å². The standard InChI is InChI=1S/C29H38N6O2S/c1-15(2)22-23-18(5)26(20-7-10-34(11-8-20)29(36)24-19(6)37-12-9-30-24)38-28(23)33-25(22)21-13-35-27(31-14-32-35)17(4)16(21)3/h13-15,19-20,24,30,33H,7-12H2,1-6H3/t19-,24+/m0/s1. The number of aryl methyl sites for hydroxylation is 2. The van der Waals surface area contributed by atoms with Crippen molar-refractivity contribution < 1.29 is 9.53 Å². The maximum absolute atomic E-state index is 13.2. The minimum Gasteiger partial charge on any atom is -0.375 e. The highest BCUT2D eigenvalue weighted by atomic mass is 32.1. The first-order valence-electron chi connectivity index (χ1n) is 13.8. The predicted molar refractivity (Wildman–Crippen MR) is 152 cm³/mol. The molecule has 38 heavy (non-hydrogen) atoms. The Hall–Kier alpha value is -2.75. The average molecular weight is 535 g/mol. The molecule has 0 aromatic carbocycles. The predicted octanol–water partition coefficient (Wildman–Crippen LogP) is 5.07. The molecule has 2 aliphatic rings. The molecular formula is C29H38N6O2S. The molecule has 0 spiro atoms. The SMILES string of the molecule is Cc1c(-c2[nH]c3sc(C4CCN(C(=O)[C@@H]5NCCO[C@H]5C)CC4)c(C)c3c2C(C)C)cn2ncnc2c1C. The molecule has 0 saturated carbocycles. The quantitative estimate of drug-likeness (QED) is 0.382. The van der Waals surface area contributed by atoms with E-state index >= 15 is 0 Å². The van der Waals surface area contributed by atoms with E-state index in [0.29, 0.717) is 18.4 Å². The number of piperidine rings is 1. The van der Waals surface area contributed by atoms with Crippen LogP contribution < -0.4 is 5.32 Å². The van der Waals surface area contributed by atoms with E-state index in [4.69, 9.17) is 4.74 Å². The lowest BCUT2D eigenvalue weighted by molar-refractivity contribution is -0.140. The van der Waals surface area contributed by atoms with E-state index in [9.17, 15) is 4.79 Å². The Morgan fingerprint density at radius 1 is 1.16 bits per heavy atom. The van der Waals surface area contributed by atoms with Gasteiger partial charge in [0, 0.05) is 41.7 Å². The lowest BCUT2D eigenvalue weighted by Crippen LogP contribution is -2.57. The van der Waals surface area contributed by atoms with Gasteiger partial charge in [0.15, 0.2) is 5.65 Å². The average Bonchev–Trinajstić information content (AvgIpc) is 3.61. The second-order valence-electron chi connectivity index (χ2n) is 11.3. The van der Waals surface area contributed by atoms with Crippen molar-refractivity contribution in [1.82, 2.24) is 29.8 Å². The summed E-state index contributed by atoms with van der Waals surface area (Å²) in [5.41, 5.74) is 8.48. The van der Waals surface area contributed by atoms with E-state index < -0.39 is 0 Å². The number of fused-ring (bicyclic) bond motifs is 2. The Labute approximate surface area is 227 Å². The van der Waals surface area contributed by atoms with Crippen LogP contribution in [0.4, 0.5) is 0 Å². The molecule has 4 aromatic rings. The van der Waals surface area contributed by atoms with Crippen LogP contribution in [0.5, 0.6) is 0 Å². The van der Waals surface area contributed by atoms with Gasteiger partial charge in [-0.3, -0.25) is 4.79 Å². The number of H-pyrrole nitrogens is 1. The summed E-state index contributed by atoms with van der Waals surface area (Å²) in [6.45, 7) is 16.2. The largest absolute Gasteiger partial charge is 0.375 e. The lowest BCUT2D eigenvalue weighted by Gasteiger charge is -2.37. The molecule has 8 nitrogen and oxygen atoms in total. The number of rotatable bonds is 4. The molecule has 4 aromatic heterocycles. The first kappa shape index (κ1) is 25.5. The fourth-order valence-electron chi connectivity index (χ4n) is 6.45. The summed E-state index contributed by atoms with van der Waals surface area (Å²) < 4.78 is 7.61. The molecule has 0 unspecified atom stereocenters. The van der Waals surface area contributed by atoms with Crippen molar-refractivity contribution in [3.8, 4) is 11.3 Å². The highest BCUT2D eigenvalue weighted by Gasteiger charge is 2.35. The number of aromatic nitrogens is 4. The molecule has 9 heteroatoms. The molecule has 0 radical (unpaired) electrons. The number of carbonyl (C=O) groups is 1. The Balaban J connectivity index is 1.30. The number of nitrogens with one attached hydrogen (secondary N) is 2. The van der Waals surface area contributed by atoms with E-state index in [2.05, 4.69) is 61.2 Å². The van der Waals surface area contributed by atoms with Gasteiger partial charge in [-0.15, -0.1) is 11.3 Å². The molecule has 1 amide bonds. The molecule has 2 saturated heterocycles. The van der Waals surface area contributed by atoms with Crippen molar-refractivity contribution in [2.45, 2.75) is 78.4 Å². The number of likely N-dealkylation sites (tertiary alicyclic amines) is 1. The zero-order valence-electron chi connectivity index (χ0n) is 23.2. The number of nitrogens with zero attached hydrogens (tertiary/aromatic N) is 4. The van der Waals surface area contributed by atoms with Gasteiger partial charge >= 0.3 is 0 Å². The van der Waals surface area contributed by atoms with Gasteiger partial charge in [0.1, 0.15) is 17.2 Å². The van der Waals surface area contributed by atoms with Crippen LogP contribution >= 0.6 is 11.3 Å². The van der Waals surface area contributed by atoms with Crippen LogP contribution in [0.25, 0.3) is 27.1 Å². The van der Waals surface area contributed by atoms with Gasteiger partial charge in [-0.25, -0.2) is 9.50 Å². The monoisotopic (exact) mass is 534 g/mol. The second-order valence-corrected chi connectivity index (χ2v) is 12.3. The van der Waals surface area contributed by atoms with Gasteiger partial charge in [-0.2, -0.15) is 5.10 Å². The van der Waals surface area contributed by atoms with Gasteiger partial charge in [0.25, 0.3) is 0 Å². The molecule has 0 bridgehead atoms. The van der Waals surface area contributed by atoms with Crippen molar-refractivity contribution >= 4 is 33.1 Å². The Morgan fingerprint density at radius 3 is 2.63 bits per heavy atom. The molecule has 202 valence electrons. The van der Waals surface area contributed by atoms with Crippen molar-refractivity contribution in [3.05, 3.63) is 39.7 Å². The minimum atomic E-state index is -0.224. The van der Waals surface area contributed by atoms with E-state index in [1.807, 2.05) is 27.7 Å². The lowest BCUT2D eigenvalue weighted by atomic mass is 9.89. The molecule has 0 aliphatic carbocycles. The van der Waals surface area contributed by atoms with Gasteiger partial charge in [-0.1, -0.05) is 13.8 Å². The summed E-state index contributed by atoms with van der Waals surface area (Å²) in [7, 11) is 0. The highest BCUT2D eigenvalue weighted by Crippen LogP contribution is 2.46. The summed E-state index contributed by atoms with van der Waals surface area (Å²) in [4.78, 5) is 26.2. The van der Waals surface area contributed by atoms with Crippen LogP contribution in [-0.4, -0.2) is 68.8 Å². The second kappa shape index (κ2) is 9.77. The van der Waals surface area contributed by atoms with Crippen LogP contribution in [0, 0.1) is 20.8 Å². The zero-order chi connectivity index (χ0) is 26.7. The fourth-order valence-corrected chi connectivity index (χ4v) is 7.85. The van der Waals surface area contributed by atoms with E-state index in [1.54, 1.807) is 6.33 Å². The summed E-state index contributed by atoms with van der Waals surface area (Å²) in [5, 5.41) is 9.16. The first-order chi connectivity index (χ1) is 18.3. The number of aromatic amines is 1. The van der Waals surface area contributed by atoms with Crippen LogP contribution in [0.2, 0.25) is 0 Å². The Morgan fingerprint density at radius 2 is 1.92 bits per heavy atom. The molecule has 2 atom stereocenters. The Kier molecular flexibility index (Phi) is 6.56. The third-order valence-corrected chi connectivity index (χ3v) is 10.1. The number of carbonyl (C=O) groups excluding carboxylic acids is 1. The number of ether oxygens (including phenoxy) is 1. The molecule has 6 heterocycles. The summed E-state index contributed by atoms with van der Waals surface area (Å²) in [5.74, 6) is 1.04. The van der Waals surface area contributed by atoms with Crippen LogP contribution in [-0.2, 0) is 9.53 Å². The van der Waals surface area contributed by atoms with E-state index in [1.165, 1.54) is 43.0 Å². The van der Waals surface area contributed by atoms with Crippen LogP contribution in [0.15, 0.2) is 12.5 Å².